The highest BCUT2D eigenvalue weighted by Crippen LogP contribution is 2.23. The summed E-state index contributed by atoms with van der Waals surface area (Å²) in [5.74, 6) is -0.845. The molecule has 3 rings (SSSR count). The van der Waals surface area contributed by atoms with Gasteiger partial charge in [0, 0.05) is 15.7 Å². The molecule has 31 heavy (non-hydrogen) atoms. The summed E-state index contributed by atoms with van der Waals surface area (Å²) in [6.45, 7) is 1.72. The predicted octanol–water partition coefficient (Wildman–Crippen LogP) is 6.71. The van der Waals surface area contributed by atoms with Crippen LogP contribution in [0, 0.1) is 0 Å². The van der Waals surface area contributed by atoms with E-state index in [1.54, 1.807) is 49.4 Å². The van der Waals surface area contributed by atoms with Crippen molar-refractivity contribution in [2.45, 2.75) is 6.92 Å². The van der Waals surface area contributed by atoms with Crippen molar-refractivity contribution < 1.29 is 9.59 Å². The lowest BCUT2D eigenvalue weighted by molar-refractivity contribution is 0.0954. The van der Waals surface area contributed by atoms with Gasteiger partial charge in [0.2, 0.25) is 0 Å². The van der Waals surface area contributed by atoms with E-state index in [0.29, 0.717) is 32.6 Å². The number of hydrazone groups is 1. The fourth-order valence-corrected chi connectivity index (χ4v) is 3.62. The lowest BCUT2D eigenvalue weighted by atomic mass is 10.1. The predicted molar refractivity (Wildman–Crippen MR) is 127 cm³/mol. The number of halogens is 4. The highest BCUT2D eigenvalue weighted by molar-refractivity contribution is 6.37. The average molecular weight is 495 g/mol. The first kappa shape index (κ1) is 23.1. The molecule has 0 unspecified atom stereocenters. The molecule has 5 nitrogen and oxygen atoms in total. The highest BCUT2D eigenvalue weighted by atomic mass is 35.5. The molecule has 0 heterocycles. The molecule has 0 aliphatic rings. The molecule has 2 N–H and O–H groups in total. The number of hydrogen-bond acceptors (Lipinski definition) is 3. The quantitative estimate of drug-likeness (QED) is 0.305. The van der Waals surface area contributed by atoms with Gasteiger partial charge in [0.15, 0.2) is 0 Å². The molecule has 0 saturated heterocycles. The van der Waals surface area contributed by atoms with Crippen molar-refractivity contribution in [3.05, 3.63) is 97.4 Å². The van der Waals surface area contributed by atoms with Gasteiger partial charge in [-0.3, -0.25) is 9.59 Å². The van der Waals surface area contributed by atoms with Gasteiger partial charge >= 0.3 is 0 Å². The van der Waals surface area contributed by atoms with Gasteiger partial charge in [0.05, 0.1) is 26.9 Å². The molecule has 0 aliphatic carbocycles. The number of carbonyl (C=O) groups is 2. The Morgan fingerprint density at radius 3 is 1.94 bits per heavy atom. The Bertz CT molecular complexity index is 1200. The molecule has 9 heteroatoms. The summed E-state index contributed by atoms with van der Waals surface area (Å²) < 4.78 is 0. The third kappa shape index (κ3) is 5.99. The third-order valence-corrected chi connectivity index (χ3v) is 5.31. The summed E-state index contributed by atoms with van der Waals surface area (Å²) in [6, 6.07) is 16.2. The second-order valence-corrected chi connectivity index (χ2v) is 8.11. The molecule has 2 amide bonds. The van der Waals surface area contributed by atoms with E-state index >= 15 is 0 Å². The Labute approximate surface area is 199 Å². The van der Waals surface area contributed by atoms with Crippen molar-refractivity contribution in [3.63, 3.8) is 0 Å². The molecular formula is C22H15Cl4N3O2. The minimum absolute atomic E-state index is 0.225. The van der Waals surface area contributed by atoms with Crippen LogP contribution in [0.4, 0.5) is 5.69 Å². The van der Waals surface area contributed by atoms with Gasteiger partial charge in [0.1, 0.15) is 0 Å². The van der Waals surface area contributed by atoms with Crippen LogP contribution in [0.3, 0.4) is 0 Å². The van der Waals surface area contributed by atoms with Gasteiger partial charge < -0.3 is 5.32 Å². The summed E-state index contributed by atoms with van der Waals surface area (Å²) in [6.07, 6.45) is 0. The first-order chi connectivity index (χ1) is 14.7. The summed E-state index contributed by atoms with van der Waals surface area (Å²) in [5.41, 5.74) is 4.77. The number of carbonyl (C=O) groups excluding carboxylic acids is 2. The monoisotopic (exact) mass is 493 g/mol. The van der Waals surface area contributed by atoms with Crippen molar-refractivity contribution in [1.29, 1.82) is 0 Å². The average Bonchev–Trinajstić information content (AvgIpc) is 2.71. The van der Waals surface area contributed by atoms with Crippen LogP contribution in [0.5, 0.6) is 0 Å². The Morgan fingerprint density at radius 2 is 1.35 bits per heavy atom. The summed E-state index contributed by atoms with van der Waals surface area (Å²) >= 11 is 23.9. The molecule has 0 aliphatic heterocycles. The van der Waals surface area contributed by atoms with Gasteiger partial charge in [-0.15, -0.1) is 0 Å². The van der Waals surface area contributed by atoms with Crippen LogP contribution in [-0.4, -0.2) is 17.5 Å². The number of amides is 2. The maximum atomic E-state index is 12.5. The first-order valence-electron chi connectivity index (χ1n) is 8.91. The summed E-state index contributed by atoms with van der Waals surface area (Å²) in [7, 11) is 0. The van der Waals surface area contributed by atoms with E-state index in [9.17, 15) is 9.59 Å². The van der Waals surface area contributed by atoms with Crippen LogP contribution in [0.15, 0.2) is 65.8 Å². The Morgan fingerprint density at radius 1 is 0.774 bits per heavy atom. The lowest BCUT2D eigenvalue weighted by Crippen LogP contribution is -2.19. The van der Waals surface area contributed by atoms with E-state index in [1.165, 1.54) is 18.2 Å². The molecule has 0 saturated carbocycles. The van der Waals surface area contributed by atoms with Gasteiger partial charge in [-0.1, -0.05) is 58.5 Å². The van der Waals surface area contributed by atoms with Crippen molar-refractivity contribution >= 4 is 69.6 Å². The molecule has 0 radical (unpaired) electrons. The van der Waals surface area contributed by atoms with Gasteiger partial charge in [-0.2, -0.15) is 5.10 Å². The van der Waals surface area contributed by atoms with E-state index in [-0.39, 0.29) is 21.5 Å². The van der Waals surface area contributed by atoms with E-state index < -0.39 is 5.91 Å². The minimum atomic E-state index is -0.470. The third-order valence-electron chi connectivity index (χ3n) is 4.21. The number of anilines is 1. The lowest BCUT2D eigenvalue weighted by Gasteiger charge is -2.09. The number of hydrogen-bond donors (Lipinski definition) is 2. The van der Waals surface area contributed by atoms with Gasteiger partial charge in [-0.25, -0.2) is 5.43 Å². The van der Waals surface area contributed by atoms with E-state index in [2.05, 4.69) is 15.8 Å². The first-order valence-corrected chi connectivity index (χ1v) is 10.4. The molecule has 0 bridgehead atoms. The molecule has 0 spiro atoms. The number of rotatable bonds is 5. The largest absolute Gasteiger partial charge is 0.322 e. The van der Waals surface area contributed by atoms with Crippen molar-refractivity contribution in [1.82, 2.24) is 5.43 Å². The molecule has 158 valence electrons. The smallest absolute Gasteiger partial charge is 0.272 e. The molecule has 0 aromatic heterocycles. The zero-order valence-electron chi connectivity index (χ0n) is 16.0. The van der Waals surface area contributed by atoms with E-state index in [4.69, 9.17) is 46.4 Å². The Hall–Kier alpha value is -2.57. The standard InChI is InChI=1S/C22H15Cl4N3O2/c1-12(28-29-22(31)18-8-6-15(24)11-20(18)26)13-3-2-4-16(9-13)27-21(30)17-7-5-14(23)10-19(17)25/h2-11H,1H3,(H,27,30)(H,29,31)/b28-12-. The number of benzene rings is 3. The zero-order chi connectivity index (χ0) is 22.5. The molecule has 0 fully saturated rings. The zero-order valence-corrected chi connectivity index (χ0v) is 19.1. The number of nitrogens with zero attached hydrogens (tertiary/aromatic N) is 1. The van der Waals surface area contributed by atoms with Gasteiger partial charge in [0.25, 0.3) is 11.8 Å². The van der Waals surface area contributed by atoms with Crippen LogP contribution in [0.1, 0.15) is 33.2 Å². The minimum Gasteiger partial charge on any atom is -0.322 e. The van der Waals surface area contributed by atoms with E-state index in [1.807, 2.05) is 0 Å². The summed E-state index contributed by atoms with van der Waals surface area (Å²) in [4.78, 5) is 24.8. The van der Waals surface area contributed by atoms with Crippen LogP contribution < -0.4 is 10.7 Å². The van der Waals surface area contributed by atoms with Crippen molar-refractivity contribution in [2.24, 2.45) is 5.10 Å². The van der Waals surface area contributed by atoms with Crippen LogP contribution in [0.2, 0.25) is 20.1 Å². The summed E-state index contributed by atoms with van der Waals surface area (Å²) in [5, 5.41) is 8.24. The van der Waals surface area contributed by atoms with Crippen LogP contribution >= 0.6 is 46.4 Å². The SMILES string of the molecule is C/C(=N/NC(=O)c1ccc(Cl)cc1Cl)c1cccc(NC(=O)c2ccc(Cl)cc2Cl)c1. The second-order valence-electron chi connectivity index (χ2n) is 6.42. The highest BCUT2D eigenvalue weighted by Gasteiger charge is 2.13. The van der Waals surface area contributed by atoms with Crippen LogP contribution in [-0.2, 0) is 0 Å². The molecule has 0 atom stereocenters. The maximum Gasteiger partial charge on any atom is 0.272 e. The van der Waals surface area contributed by atoms with Gasteiger partial charge in [-0.05, 0) is 61.0 Å². The normalized spacial score (nSPS) is 11.2. The molecule has 3 aromatic carbocycles. The van der Waals surface area contributed by atoms with Crippen molar-refractivity contribution in [3.8, 4) is 0 Å². The maximum absolute atomic E-state index is 12.5. The Kier molecular flexibility index (Phi) is 7.57. The Balaban J connectivity index is 1.72. The second kappa shape index (κ2) is 10.2. The molecule has 3 aromatic rings. The van der Waals surface area contributed by atoms with E-state index in [0.717, 1.165) is 0 Å². The van der Waals surface area contributed by atoms with Crippen LogP contribution in [0.25, 0.3) is 0 Å². The van der Waals surface area contributed by atoms with Crippen molar-refractivity contribution in [2.75, 3.05) is 5.32 Å². The number of nitrogens with one attached hydrogen (secondary N) is 2. The topological polar surface area (TPSA) is 70.6 Å². The molecular weight excluding hydrogens is 480 g/mol. The fourth-order valence-electron chi connectivity index (χ4n) is 2.63. The fraction of sp³-hybridized carbons (Fsp3) is 0.0455.